The van der Waals surface area contributed by atoms with Crippen LogP contribution in [0, 0.1) is 0 Å². The number of aromatic nitrogens is 6. The summed E-state index contributed by atoms with van der Waals surface area (Å²) >= 11 is 1.46. The van der Waals surface area contributed by atoms with Crippen LogP contribution in [0.25, 0.3) is 10.6 Å². The fraction of sp³-hybridized carbons (Fsp3) is 0.400. The van der Waals surface area contributed by atoms with Crippen LogP contribution < -0.4 is 0 Å². The Morgan fingerprint density at radius 3 is 2.96 bits per heavy atom. The Kier molecular flexibility index (Phi) is 3.64. The number of hydrogen-bond acceptors (Lipinski definition) is 6. The van der Waals surface area contributed by atoms with Crippen LogP contribution >= 0.6 is 11.3 Å². The molecule has 4 heterocycles. The molecule has 1 unspecified atom stereocenters. The quantitative estimate of drug-likeness (QED) is 0.722. The zero-order chi connectivity index (χ0) is 16.7. The van der Waals surface area contributed by atoms with Crippen LogP contribution in [-0.2, 0) is 14.1 Å². The Bertz CT molecular complexity index is 880. The molecule has 0 bridgehead atoms. The van der Waals surface area contributed by atoms with Gasteiger partial charge in [0.15, 0.2) is 5.82 Å². The Morgan fingerprint density at radius 1 is 1.38 bits per heavy atom. The molecule has 1 saturated heterocycles. The molecule has 3 aromatic heterocycles. The van der Waals surface area contributed by atoms with Crippen molar-refractivity contribution < 1.29 is 4.79 Å². The van der Waals surface area contributed by atoms with Crippen LogP contribution in [-0.4, -0.2) is 46.9 Å². The van der Waals surface area contributed by atoms with Crippen LogP contribution in [0.15, 0.2) is 24.1 Å². The Hall–Kier alpha value is -2.55. The lowest BCUT2D eigenvalue weighted by Gasteiger charge is -2.22. The van der Waals surface area contributed by atoms with E-state index in [0.29, 0.717) is 5.69 Å². The zero-order valence-corrected chi connectivity index (χ0v) is 14.3. The van der Waals surface area contributed by atoms with E-state index in [1.165, 1.54) is 11.3 Å². The van der Waals surface area contributed by atoms with Crippen LogP contribution in [0.1, 0.15) is 35.2 Å². The second-order valence-electron chi connectivity index (χ2n) is 5.90. The summed E-state index contributed by atoms with van der Waals surface area (Å²) in [6, 6.07) is -0.0338. The van der Waals surface area contributed by atoms with E-state index in [2.05, 4.69) is 20.3 Å². The topological polar surface area (TPSA) is 81.7 Å². The molecule has 0 aliphatic carbocycles. The van der Waals surface area contributed by atoms with Crippen molar-refractivity contribution in [1.82, 2.24) is 34.4 Å². The minimum atomic E-state index is -0.0492. The first-order valence-electron chi connectivity index (χ1n) is 7.73. The molecule has 0 N–H and O–H groups in total. The van der Waals surface area contributed by atoms with Gasteiger partial charge in [-0.3, -0.25) is 9.48 Å². The normalized spacial score (nSPS) is 17.6. The van der Waals surface area contributed by atoms with Gasteiger partial charge in [0.05, 0.1) is 12.2 Å². The van der Waals surface area contributed by atoms with Crippen LogP contribution in [0.5, 0.6) is 0 Å². The molecule has 0 spiro atoms. The van der Waals surface area contributed by atoms with Crippen LogP contribution in [0.4, 0.5) is 0 Å². The van der Waals surface area contributed by atoms with Gasteiger partial charge in [-0.1, -0.05) is 0 Å². The summed E-state index contributed by atoms with van der Waals surface area (Å²) in [4.78, 5) is 19.3. The van der Waals surface area contributed by atoms with Gasteiger partial charge in [0.1, 0.15) is 17.0 Å². The summed E-state index contributed by atoms with van der Waals surface area (Å²) in [5, 5.41) is 14.9. The lowest BCUT2D eigenvalue weighted by molar-refractivity contribution is 0.0723. The van der Waals surface area contributed by atoms with Gasteiger partial charge in [0.25, 0.3) is 5.91 Å². The van der Waals surface area contributed by atoms with Crippen LogP contribution in [0.2, 0.25) is 0 Å². The van der Waals surface area contributed by atoms with Crippen molar-refractivity contribution in [2.45, 2.75) is 18.9 Å². The van der Waals surface area contributed by atoms with Gasteiger partial charge in [-0.2, -0.15) is 5.10 Å². The highest BCUT2D eigenvalue weighted by atomic mass is 32.1. The molecular formula is C15H17N7OS. The van der Waals surface area contributed by atoms with E-state index in [1.807, 2.05) is 35.1 Å². The van der Waals surface area contributed by atoms with E-state index in [4.69, 9.17) is 0 Å². The van der Waals surface area contributed by atoms with Gasteiger partial charge in [0, 0.05) is 37.8 Å². The molecule has 1 aliphatic heterocycles. The van der Waals surface area contributed by atoms with E-state index in [1.54, 1.807) is 17.2 Å². The monoisotopic (exact) mass is 343 g/mol. The molecule has 3 aromatic rings. The van der Waals surface area contributed by atoms with Crippen LogP contribution in [0.3, 0.4) is 0 Å². The number of nitrogens with zero attached hydrogens (tertiary/aromatic N) is 7. The second kappa shape index (κ2) is 5.82. The number of likely N-dealkylation sites (tertiary alicyclic amines) is 1. The summed E-state index contributed by atoms with van der Waals surface area (Å²) in [5.74, 6) is 0.774. The summed E-state index contributed by atoms with van der Waals surface area (Å²) in [6.45, 7) is 0.718. The molecule has 1 atom stereocenters. The van der Waals surface area contributed by atoms with Gasteiger partial charge in [-0.15, -0.1) is 21.5 Å². The predicted molar refractivity (Wildman–Crippen MR) is 88.3 cm³/mol. The van der Waals surface area contributed by atoms with E-state index < -0.39 is 0 Å². The molecule has 1 amide bonds. The first-order chi connectivity index (χ1) is 11.6. The van der Waals surface area contributed by atoms with Gasteiger partial charge >= 0.3 is 0 Å². The van der Waals surface area contributed by atoms with Gasteiger partial charge in [0.2, 0.25) is 0 Å². The largest absolute Gasteiger partial charge is 0.327 e. The van der Waals surface area contributed by atoms with E-state index in [-0.39, 0.29) is 11.9 Å². The lowest BCUT2D eigenvalue weighted by Crippen LogP contribution is -2.32. The van der Waals surface area contributed by atoms with Crippen molar-refractivity contribution in [1.29, 1.82) is 0 Å². The molecule has 0 radical (unpaired) electrons. The molecule has 0 saturated carbocycles. The maximum atomic E-state index is 12.9. The predicted octanol–water partition coefficient (Wildman–Crippen LogP) is 1.65. The number of amides is 1. The molecule has 1 fully saturated rings. The highest BCUT2D eigenvalue weighted by Gasteiger charge is 2.34. The second-order valence-corrected chi connectivity index (χ2v) is 6.76. The maximum absolute atomic E-state index is 12.9. The number of hydrogen-bond donors (Lipinski definition) is 0. The molecule has 8 nitrogen and oxygen atoms in total. The number of rotatable bonds is 3. The minimum Gasteiger partial charge on any atom is -0.327 e. The standard InChI is InChI=1S/C15H17N7OS/c1-20-9-16-19-13(20)12-4-3-5-22(12)15(23)11-8-24-14(18-11)10-6-17-21(2)7-10/h6-9,12H,3-5H2,1-2H3. The number of aryl methyl sites for hydroxylation is 2. The highest BCUT2D eigenvalue weighted by Crippen LogP contribution is 2.32. The number of thiazole rings is 1. The Morgan fingerprint density at radius 2 is 2.25 bits per heavy atom. The number of carbonyl (C=O) groups excluding carboxylic acids is 1. The third-order valence-electron chi connectivity index (χ3n) is 4.23. The summed E-state index contributed by atoms with van der Waals surface area (Å²) in [6.07, 6.45) is 7.18. The molecule has 0 aromatic carbocycles. The van der Waals surface area contributed by atoms with Crippen molar-refractivity contribution in [2.75, 3.05) is 6.54 Å². The van der Waals surface area contributed by atoms with Crippen molar-refractivity contribution >= 4 is 17.2 Å². The zero-order valence-electron chi connectivity index (χ0n) is 13.5. The summed E-state index contributed by atoms with van der Waals surface area (Å²) in [5.41, 5.74) is 1.40. The minimum absolute atomic E-state index is 0.0338. The third kappa shape index (κ3) is 2.50. The average molecular weight is 343 g/mol. The Balaban J connectivity index is 1.59. The first-order valence-corrected chi connectivity index (χ1v) is 8.61. The summed E-state index contributed by atoms with van der Waals surface area (Å²) in [7, 11) is 3.76. The fourth-order valence-corrected chi connectivity index (χ4v) is 3.82. The van der Waals surface area contributed by atoms with Gasteiger partial charge in [-0.05, 0) is 12.8 Å². The third-order valence-corrected chi connectivity index (χ3v) is 5.12. The van der Waals surface area contributed by atoms with E-state index in [0.717, 1.165) is 35.8 Å². The van der Waals surface area contributed by atoms with Crippen molar-refractivity contribution in [3.63, 3.8) is 0 Å². The van der Waals surface area contributed by atoms with Crippen molar-refractivity contribution in [3.8, 4) is 10.6 Å². The van der Waals surface area contributed by atoms with E-state index >= 15 is 0 Å². The molecule has 4 rings (SSSR count). The molecule has 1 aliphatic rings. The fourth-order valence-electron chi connectivity index (χ4n) is 3.06. The van der Waals surface area contributed by atoms with E-state index in [9.17, 15) is 4.79 Å². The number of carbonyl (C=O) groups is 1. The smallest absolute Gasteiger partial charge is 0.273 e. The maximum Gasteiger partial charge on any atom is 0.273 e. The Labute approximate surface area is 142 Å². The summed E-state index contributed by atoms with van der Waals surface area (Å²) < 4.78 is 3.60. The molecular weight excluding hydrogens is 326 g/mol. The van der Waals surface area contributed by atoms with Crippen molar-refractivity contribution in [3.05, 3.63) is 35.6 Å². The highest BCUT2D eigenvalue weighted by molar-refractivity contribution is 7.13. The molecule has 124 valence electrons. The lowest BCUT2D eigenvalue weighted by atomic mass is 10.2. The first kappa shape index (κ1) is 15.0. The van der Waals surface area contributed by atoms with Gasteiger partial charge < -0.3 is 9.47 Å². The van der Waals surface area contributed by atoms with Crippen molar-refractivity contribution in [2.24, 2.45) is 14.1 Å². The molecule has 9 heteroatoms. The average Bonchev–Trinajstić information content (AvgIpc) is 3.33. The molecule has 24 heavy (non-hydrogen) atoms. The SMILES string of the molecule is Cn1cc(-c2nc(C(=O)N3CCCC3c3nncn3C)cs2)cn1. The van der Waals surface area contributed by atoms with Gasteiger partial charge in [-0.25, -0.2) is 4.98 Å².